The number of aromatic nitrogens is 1. The number of nitro groups is 1. The second kappa shape index (κ2) is 5.61. The van der Waals surface area contributed by atoms with E-state index in [2.05, 4.69) is 10.3 Å². The van der Waals surface area contributed by atoms with Crippen LogP contribution in [0.15, 0.2) is 18.3 Å². The van der Waals surface area contributed by atoms with Gasteiger partial charge in [0.1, 0.15) is 11.9 Å². The van der Waals surface area contributed by atoms with Crippen molar-refractivity contribution in [3.8, 4) is 0 Å². The van der Waals surface area contributed by atoms with E-state index in [1.165, 1.54) is 31.9 Å². The Hall–Kier alpha value is -1.65. The van der Waals surface area contributed by atoms with Gasteiger partial charge in [-0.15, -0.1) is 0 Å². The Morgan fingerprint density at radius 1 is 1.29 bits per heavy atom. The molecule has 1 aliphatic rings. The highest BCUT2D eigenvalue weighted by molar-refractivity contribution is 5.57. The predicted octanol–water partition coefficient (Wildman–Crippen LogP) is 3.12. The van der Waals surface area contributed by atoms with Gasteiger partial charge >= 0.3 is 5.82 Å². The highest BCUT2D eigenvalue weighted by Crippen LogP contribution is 2.25. The molecule has 1 N–H and O–H groups in total. The maximum absolute atomic E-state index is 10.8. The van der Waals surface area contributed by atoms with E-state index in [4.69, 9.17) is 0 Å². The minimum Gasteiger partial charge on any atom is -0.375 e. The van der Waals surface area contributed by atoms with E-state index in [9.17, 15) is 10.1 Å². The lowest BCUT2D eigenvalue weighted by Crippen LogP contribution is -2.19. The van der Waals surface area contributed by atoms with Gasteiger partial charge in [0.2, 0.25) is 0 Å². The number of pyridine rings is 1. The number of nitrogens with zero attached hydrogens (tertiary/aromatic N) is 2. The van der Waals surface area contributed by atoms with Gasteiger partial charge in [0.25, 0.3) is 0 Å². The molecule has 17 heavy (non-hydrogen) atoms. The first-order valence-corrected chi connectivity index (χ1v) is 6.13. The maximum Gasteiger partial charge on any atom is 0.386 e. The molecule has 0 unspecified atom stereocenters. The molecular weight excluding hydrogens is 218 g/mol. The molecule has 0 amide bonds. The maximum atomic E-state index is 10.8. The summed E-state index contributed by atoms with van der Waals surface area (Å²) in [6, 6.07) is 3.81. The second-order valence-electron chi connectivity index (χ2n) is 4.46. The molecule has 1 heterocycles. The molecule has 1 saturated carbocycles. The van der Waals surface area contributed by atoms with E-state index in [1.807, 2.05) is 0 Å². The zero-order valence-corrected chi connectivity index (χ0v) is 9.76. The summed E-state index contributed by atoms with van der Waals surface area (Å²) in [6.45, 7) is 0. The van der Waals surface area contributed by atoms with Gasteiger partial charge in [-0.1, -0.05) is 25.7 Å². The van der Waals surface area contributed by atoms with Gasteiger partial charge in [0, 0.05) is 6.04 Å². The Labute approximate surface area is 100 Å². The normalized spacial score (nSPS) is 17.4. The number of rotatable bonds is 3. The van der Waals surface area contributed by atoms with Crippen molar-refractivity contribution in [1.82, 2.24) is 4.98 Å². The van der Waals surface area contributed by atoms with Gasteiger partial charge in [-0.2, -0.15) is 0 Å². The van der Waals surface area contributed by atoms with Gasteiger partial charge < -0.3 is 15.4 Å². The zero-order valence-electron chi connectivity index (χ0n) is 9.76. The van der Waals surface area contributed by atoms with Crippen LogP contribution in [0.4, 0.5) is 11.5 Å². The number of hydrogen-bond donors (Lipinski definition) is 1. The summed E-state index contributed by atoms with van der Waals surface area (Å²) in [6.07, 6.45) is 8.58. The Balaban J connectivity index is 2.09. The van der Waals surface area contributed by atoms with Crippen LogP contribution < -0.4 is 5.32 Å². The molecule has 0 aromatic carbocycles. The number of hydrogen-bond acceptors (Lipinski definition) is 4. The topological polar surface area (TPSA) is 68.1 Å². The lowest BCUT2D eigenvalue weighted by molar-refractivity contribution is -0.388. The minimum atomic E-state index is -0.432. The molecule has 0 saturated heterocycles. The predicted molar refractivity (Wildman–Crippen MR) is 66.0 cm³/mol. The van der Waals surface area contributed by atoms with Crippen molar-refractivity contribution in [2.24, 2.45) is 0 Å². The third kappa shape index (κ3) is 3.15. The average molecular weight is 235 g/mol. The molecule has 1 aliphatic carbocycles. The van der Waals surface area contributed by atoms with E-state index in [0.29, 0.717) is 11.7 Å². The summed E-state index contributed by atoms with van der Waals surface area (Å²) in [5, 5.41) is 14.1. The largest absolute Gasteiger partial charge is 0.386 e. The summed E-state index contributed by atoms with van der Waals surface area (Å²) < 4.78 is 0. The first kappa shape index (κ1) is 11.8. The van der Waals surface area contributed by atoms with Crippen molar-refractivity contribution in [2.75, 3.05) is 5.32 Å². The van der Waals surface area contributed by atoms with Crippen LogP contribution in [0.3, 0.4) is 0 Å². The molecule has 5 heteroatoms. The van der Waals surface area contributed by atoms with Crippen LogP contribution in [0.1, 0.15) is 38.5 Å². The number of anilines is 1. The lowest BCUT2D eigenvalue weighted by Gasteiger charge is -2.16. The molecule has 92 valence electrons. The smallest absolute Gasteiger partial charge is 0.375 e. The van der Waals surface area contributed by atoms with Crippen molar-refractivity contribution < 1.29 is 4.92 Å². The summed E-state index contributed by atoms with van der Waals surface area (Å²) in [4.78, 5) is 14.2. The van der Waals surface area contributed by atoms with Crippen LogP contribution >= 0.6 is 0 Å². The SMILES string of the molecule is O=[N+]([O-])c1ncccc1NC1CCCCCC1. The fourth-order valence-electron chi connectivity index (χ4n) is 2.30. The minimum absolute atomic E-state index is 0.0725. The molecule has 0 aliphatic heterocycles. The van der Waals surface area contributed by atoms with Crippen LogP contribution in [0.25, 0.3) is 0 Å². The summed E-state index contributed by atoms with van der Waals surface area (Å²) in [7, 11) is 0. The quantitative estimate of drug-likeness (QED) is 0.496. The first-order chi connectivity index (χ1) is 8.27. The molecular formula is C12H17N3O2. The molecule has 0 spiro atoms. The van der Waals surface area contributed by atoms with E-state index in [1.54, 1.807) is 12.1 Å². The first-order valence-electron chi connectivity index (χ1n) is 6.13. The average Bonchev–Trinajstić information content (AvgIpc) is 2.58. The van der Waals surface area contributed by atoms with Crippen LogP contribution in [0.2, 0.25) is 0 Å². The van der Waals surface area contributed by atoms with Gasteiger partial charge in [-0.25, -0.2) is 0 Å². The van der Waals surface area contributed by atoms with Gasteiger partial charge in [-0.3, -0.25) is 0 Å². The van der Waals surface area contributed by atoms with E-state index >= 15 is 0 Å². The second-order valence-corrected chi connectivity index (χ2v) is 4.46. The Bertz CT molecular complexity index is 387. The fraction of sp³-hybridized carbons (Fsp3) is 0.583. The van der Waals surface area contributed by atoms with Crippen molar-refractivity contribution in [3.05, 3.63) is 28.4 Å². The molecule has 1 aromatic rings. The summed E-state index contributed by atoms with van der Waals surface area (Å²) in [5.41, 5.74) is 0.546. The number of nitrogens with one attached hydrogen (secondary N) is 1. The van der Waals surface area contributed by atoms with Crippen LogP contribution in [0, 0.1) is 10.1 Å². The van der Waals surface area contributed by atoms with Crippen molar-refractivity contribution in [3.63, 3.8) is 0 Å². The van der Waals surface area contributed by atoms with E-state index in [0.717, 1.165) is 12.8 Å². The van der Waals surface area contributed by atoms with Crippen molar-refractivity contribution in [1.29, 1.82) is 0 Å². The van der Waals surface area contributed by atoms with Crippen LogP contribution in [-0.4, -0.2) is 15.9 Å². The van der Waals surface area contributed by atoms with E-state index in [-0.39, 0.29) is 5.82 Å². The van der Waals surface area contributed by atoms with Crippen LogP contribution in [0.5, 0.6) is 0 Å². The van der Waals surface area contributed by atoms with Crippen molar-refractivity contribution >= 4 is 11.5 Å². The van der Waals surface area contributed by atoms with Crippen molar-refractivity contribution in [2.45, 2.75) is 44.6 Å². The molecule has 2 rings (SSSR count). The van der Waals surface area contributed by atoms with Gasteiger partial charge in [0.05, 0.1) is 0 Å². The molecule has 0 atom stereocenters. The highest BCUT2D eigenvalue weighted by atomic mass is 16.6. The standard InChI is InChI=1S/C12H17N3O2/c16-15(17)12-11(8-5-9-13-12)14-10-6-3-1-2-4-7-10/h5,8-10,14H,1-4,6-7H2. The Kier molecular flexibility index (Phi) is 3.90. The lowest BCUT2D eigenvalue weighted by atomic mass is 10.1. The highest BCUT2D eigenvalue weighted by Gasteiger charge is 2.18. The van der Waals surface area contributed by atoms with E-state index < -0.39 is 4.92 Å². The molecule has 1 aromatic heterocycles. The summed E-state index contributed by atoms with van der Waals surface area (Å²) >= 11 is 0. The fourth-order valence-corrected chi connectivity index (χ4v) is 2.30. The third-order valence-corrected chi connectivity index (χ3v) is 3.17. The Morgan fingerprint density at radius 3 is 2.65 bits per heavy atom. The molecule has 0 bridgehead atoms. The van der Waals surface area contributed by atoms with Gasteiger partial charge in [0.15, 0.2) is 0 Å². The molecule has 1 fully saturated rings. The molecule has 5 nitrogen and oxygen atoms in total. The van der Waals surface area contributed by atoms with Gasteiger partial charge in [-0.05, 0) is 34.9 Å². The zero-order chi connectivity index (χ0) is 12.1. The monoisotopic (exact) mass is 235 g/mol. The third-order valence-electron chi connectivity index (χ3n) is 3.17. The molecule has 0 radical (unpaired) electrons. The summed E-state index contributed by atoms with van der Waals surface area (Å²) in [5.74, 6) is -0.0725. The Morgan fingerprint density at radius 2 is 2.00 bits per heavy atom. The van der Waals surface area contributed by atoms with Crippen LogP contribution in [-0.2, 0) is 0 Å².